The summed E-state index contributed by atoms with van der Waals surface area (Å²) in [5, 5.41) is 0. The lowest BCUT2D eigenvalue weighted by molar-refractivity contribution is 0.458. The van der Waals surface area contributed by atoms with Gasteiger partial charge >= 0.3 is 0 Å². The van der Waals surface area contributed by atoms with Gasteiger partial charge in [-0.15, -0.1) is 0 Å². The molecule has 2 rings (SSSR count). The van der Waals surface area contributed by atoms with E-state index in [4.69, 9.17) is 5.73 Å². The lowest BCUT2D eigenvalue weighted by Gasteiger charge is -2.13. The molecule has 1 aliphatic rings. The quantitative estimate of drug-likeness (QED) is 0.777. The summed E-state index contributed by atoms with van der Waals surface area (Å²) in [6.45, 7) is 0. The molecule has 1 aliphatic carbocycles. The van der Waals surface area contributed by atoms with Crippen molar-refractivity contribution < 1.29 is 13.2 Å². The Balaban J connectivity index is 2.68. The molecule has 0 bridgehead atoms. The minimum absolute atomic E-state index is 0.0943. The Labute approximate surface area is 87.2 Å². The molecule has 0 heterocycles. The molecule has 1 saturated carbocycles. The Bertz CT molecular complexity index is 375. The Morgan fingerprint density at radius 1 is 1.21 bits per heavy atom. The normalized spacial score (nSPS) is 18.4. The molecule has 5 heteroatoms. The van der Waals surface area contributed by atoms with Gasteiger partial charge in [-0.2, -0.15) is 0 Å². The first-order valence-electron chi connectivity index (χ1n) is 4.08. The summed E-state index contributed by atoms with van der Waals surface area (Å²) in [4.78, 5) is 0. The molecule has 14 heavy (non-hydrogen) atoms. The van der Waals surface area contributed by atoms with Crippen LogP contribution in [-0.2, 0) is 5.54 Å². The molecule has 1 aromatic carbocycles. The van der Waals surface area contributed by atoms with Gasteiger partial charge in [0.25, 0.3) is 0 Å². The van der Waals surface area contributed by atoms with Crippen LogP contribution in [0.3, 0.4) is 0 Å². The van der Waals surface area contributed by atoms with Gasteiger partial charge in [-0.25, -0.2) is 13.2 Å². The molecule has 0 atom stereocenters. The first-order valence-corrected chi connectivity index (χ1v) is 4.87. The Morgan fingerprint density at radius 3 is 2.29 bits per heavy atom. The first-order chi connectivity index (χ1) is 6.46. The zero-order chi connectivity index (χ0) is 10.5. The predicted octanol–water partition coefficient (Wildman–Crippen LogP) is 2.81. The van der Waals surface area contributed by atoms with Crippen LogP contribution >= 0.6 is 15.9 Å². The van der Waals surface area contributed by atoms with Gasteiger partial charge < -0.3 is 5.73 Å². The molecule has 0 unspecified atom stereocenters. The summed E-state index contributed by atoms with van der Waals surface area (Å²) in [7, 11) is 0. The van der Waals surface area contributed by atoms with Gasteiger partial charge in [0.15, 0.2) is 11.6 Å². The molecule has 1 fully saturated rings. The van der Waals surface area contributed by atoms with E-state index in [0.717, 1.165) is 6.07 Å². The molecular formula is C9H7BrF3N. The largest absolute Gasteiger partial charge is 0.321 e. The molecule has 2 N–H and O–H groups in total. The maximum atomic E-state index is 13.4. The predicted molar refractivity (Wildman–Crippen MR) is 49.1 cm³/mol. The van der Waals surface area contributed by atoms with Gasteiger partial charge in [0, 0.05) is 11.1 Å². The van der Waals surface area contributed by atoms with Crippen molar-refractivity contribution in [3.8, 4) is 0 Å². The van der Waals surface area contributed by atoms with Crippen LogP contribution in [0.1, 0.15) is 18.4 Å². The lowest BCUT2D eigenvalue weighted by Crippen LogP contribution is -2.23. The van der Waals surface area contributed by atoms with Crippen LogP contribution < -0.4 is 5.73 Å². The molecule has 0 aromatic heterocycles. The van der Waals surface area contributed by atoms with E-state index in [1.807, 2.05) is 0 Å². The summed E-state index contributed by atoms with van der Waals surface area (Å²) >= 11 is 2.81. The maximum absolute atomic E-state index is 13.4. The van der Waals surface area contributed by atoms with Crippen molar-refractivity contribution in [1.29, 1.82) is 0 Å². The number of nitrogens with two attached hydrogens (primary N) is 1. The average Bonchev–Trinajstić information content (AvgIpc) is 2.81. The van der Waals surface area contributed by atoms with Crippen LogP contribution in [0.2, 0.25) is 0 Å². The van der Waals surface area contributed by atoms with Crippen molar-refractivity contribution in [3.05, 3.63) is 33.6 Å². The average molecular weight is 266 g/mol. The smallest absolute Gasteiger partial charge is 0.166 e. The summed E-state index contributed by atoms with van der Waals surface area (Å²) < 4.78 is 39.6. The monoisotopic (exact) mass is 265 g/mol. The highest BCUT2D eigenvalue weighted by Crippen LogP contribution is 2.46. The molecule has 1 aromatic rings. The van der Waals surface area contributed by atoms with Crippen LogP contribution in [-0.4, -0.2) is 0 Å². The van der Waals surface area contributed by atoms with Crippen LogP contribution in [0.15, 0.2) is 10.5 Å². The second-order valence-corrected chi connectivity index (χ2v) is 4.35. The number of halogens is 4. The molecule has 0 radical (unpaired) electrons. The summed E-state index contributed by atoms with van der Waals surface area (Å²) in [5.74, 6) is -3.06. The third-order valence-electron chi connectivity index (χ3n) is 2.40. The second-order valence-electron chi connectivity index (χ2n) is 3.50. The Kier molecular flexibility index (Phi) is 2.12. The summed E-state index contributed by atoms with van der Waals surface area (Å²) in [5.41, 5.74) is 4.28. The van der Waals surface area contributed by atoms with Crippen molar-refractivity contribution in [2.24, 2.45) is 5.73 Å². The van der Waals surface area contributed by atoms with Gasteiger partial charge in [0.1, 0.15) is 5.82 Å². The molecule has 76 valence electrons. The van der Waals surface area contributed by atoms with Crippen LogP contribution in [0.5, 0.6) is 0 Å². The molecule has 0 saturated heterocycles. The minimum Gasteiger partial charge on any atom is -0.321 e. The maximum Gasteiger partial charge on any atom is 0.166 e. The van der Waals surface area contributed by atoms with Crippen molar-refractivity contribution in [2.75, 3.05) is 0 Å². The fourth-order valence-electron chi connectivity index (χ4n) is 1.39. The minimum atomic E-state index is -1.18. The fourth-order valence-corrected chi connectivity index (χ4v) is 1.79. The third kappa shape index (κ3) is 1.35. The third-order valence-corrected chi connectivity index (χ3v) is 2.98. The van der Waals surface area contributed by atoms with Crippen LogP contribution in [0.25, 0.3) is 0 Å². The van der Waals surface area contributed by atoms with Crippen LogP contribution in [0, 0.1) is 17.5 Å². The molecule has 0 spiro atoms. The number of hydrogen-bond acceptors (Lipinski definition) is 1. The van der Waals surface area contributed by atoms with Gasteiger partial charge in [0.05, 0.1) is 4.47 Å². The van der Waals surface area contributed by atoms with Gasteiger partial charge in [-0.1, -0.05) is 0 Å². The van der Waals surface area contributed by atoms with E-state index in [2.05, 4.69) is 15.9 Å². The van der Waals surface area contributed by atoms with E-state index in [9.17, 15) is 13.2 Å². The second kappa shape index (κ2) is 2.97. The van der Waals surface area contributed by atoms with E-state index in [1.165, 1.54) is 0 Å². The van der Waals surface area contributed by atoms with E-state index in [0.29, 0.717) is 12.8 Å². The Morgan fingerprint density at radius 2 is 1.79 bits per heavy atom. The SMILES string of the molecule is NC1(c2c(F)c(F)cc(Br)c2F)CC1. The van der Waals surface area contributed by atoms with E-state index < -0.39 is 23.0 Å². The van der Waals surface area contributed by atoms with E-state index in [-0.39, 0.29) is 10.0 Å². The zero-order valence-electron chi connectivity index (χ0n) is 7.08. The van der Waals surface area contributed by atoms with Crippen molar-refractivity contribution in [1.82, 2.24) is 0 Å². The highest BCUT2D eigenvalue weighted by atomic mass is 79.9. The standard InChI is InChI=1S/C9H7BrF3N/c10-4-3-5(11)8(13)6(7(4)12)9(14)1-2-9/h3H,1-2,14H2. The molecular weight excluding hydrogens is 259 g/mol. The van der Waals surface area contributed by atoms with Crippen molar-refractivity contribution >= 4 is 15.9 Å². The van der Waals surface area contributed by atoms with Crippen molar-refractivity contribution in [2.45, 2.75) is 18.4 Å². The highest BCUT2D eigenvalue weighted by molar-refractivity contribution is 9.10. The number of benzene rings is 1. The highest BCUT2D eigenvalue weighted by Gasteiger charge is 2.45. The topological polar surface area (TPSA) is 26.0 Å². The van der Waals surface area contributed by atoms with E-state index >= 15 is 0 Å². The van der Waals surface area contributed by atoms with Gasteiger partial charge in [-0.3, -0.25) is 0 Å². The Hall–Kier alpha value is -0.550. The van der Waals surface area contributed by atoms with Crippen LogP contribution in [0.4, 0.5) is 13.2 Å². The fraction of sp³-hybridized carbons (Fsp3) is 0.333. The molecule has 1 nitrogen and oxygen atoms in total. The molecule has 0 aliphatic heterocycles. The molecule has 0 amide bonds. The number of hydrogen-bond donors (Lipinski definition) is 1. The van der Waals surface area contributed by atoms with E-state index in [1.54, 1.807) is 0 Å². The first kappa shape index (κ1) is 9.98. The summed E-state index contributed by atoms with van der Waals surface area (Å²) in [6.07, 6.45) is 0.966. The zero-order valence-corrected chi connectivity index (χ0v) is 8.67. The lowest BCUT2D eigenvalue weighted by atomic mass is 10.0. The van der Waals surface area contributed by atoms with Gasteiger partial charge in [0.2, 0.25) is 0 Å². The van der Waals surface area contributed by atoms with Crippen molar-refractivity contribution in [3.63, 3.8) is 0 Å². The number of rotatable bonds is 1. The van der Waals surface area contributed by atoms with Gasteiger partial charge in [-0.05, 0) is 34.8 Å². The summed E-state index contributed by atoms with van der Waals surface area (Å²) in [6, 6.07) is 0.764.